The van der Waals surface area contributed by atoms with Crippen molar-refractivity contribution in [3.63, 3.8) is 0 Å². The van der Waals surface area contributed by atoms with E-state index in [1.165, 1.54) is 12.1 Å². The van der Waals surface area contributed by atoms with Crippen LogP contribution < -0.4 is 30.9 Å². The molecule has 4 aromatic rings. The second-order valence-corrected chi connectivity index (χ2v) is 8.73. The standard InChI is InChI=1S/C28H26F3N7O3/c1-17-7-8-20(16-23(17)25(39)32-2)34-26-33-14-13-24(37-26)38(3)21-11-9-18(10-12-21)35-27(40)36-19-5-4-6-22(15-19)41-28(29,30)31/h4-16H,1-3H3,(H,32,39)(H,33,34,37)(H2,35,36,40). The van der Waals surface area contributed by atoms with E-state index in [2.05, 4.69) is 36.0 Å². The molecule has 4 rings (SSSR count). The zero-order valence-electron chi connectivity index (χ0n) is 22.2. The van der Waals surface area contributed by atoms with Gasteiger partial charge in [-0.15, -0.1) is 13.2 Å². The molecule has 1 aromatic heterocycles. The lowest BCUT2D eigenvalue weighted by molar-refractivity contribution is -0.274. The van der Waals surface area contributed by atoms with Crippen LogP contribution in [0.1, 0.15) is 15.9 Å². The predicted octanol–water partition coefficient (Wildman–Crippen LogP) is 6.20. The summed E-state index contributed by atoms with van der Waals surface area (Å²) in [5, 5.41) is 10.8. The molecule has 0 bridgehead atoms. The highest BCUT2D eigenvalue weighted by Crippen LogP contribution is 2.27. The molecule has 4 N–H and O–H groups in total. The number of ether oxygens (including phenoxy) is 1. The van der Waals surface area contributed by atoms with Crippen LogP contribution in [0, 0.1) is 6.92 Å². The molecule has 0 unspecified atom stereocenters. The van der Waals surface area contributed by atoms with Crippen molar-refractivity contribution in [3.8, 4) is 5.75 Å². The summed E-state index contributed by atoms with van der Waals surface area (Å²) >= 11 is 0. The summed E-state index contributed by atoms with van der Waals surface area (Å²) in [5.41, 5.74) is 3.38. The number of hydrogen-bond donors (Lipinski definition) is 4. The summed E-state index contributed by atoms with van der Waals surface area (Å²) in [6.07, 6.45) is -3.23. The van der Waals surface area contributed by atoms with Crippen LogP contribution in [0.5, 0.6) is 5.75 Å². The molecule has 3 aromatic carbocycles. The second kappa shape index (κ2) is 12.2. The normalized spacial score (nSPS) is 10.9. The summed E-state index contributed by atoms with van der Waals surface area (Å²) in [6, 6.07) is 18.3. The number of carbonyl (C=O) groups excluding carboxylic acids is 2. The maximum atomic E-state index is 12.4. The maximum absolute atomic E-state index is 12.4. The lowest BCUT2D eigenvalue weighted by Gasteiger charge is -2.19. The van der Waals surface area contributed by atoms with E-state index in [0.29, 0.717) is 28.7 Å². The second-order valence-electron chi connectivity index (χ2n) is 8.73. The number of benzene rings is 3. The molecule has 0 saturated heterocycles. The number of nitrogens with zero attached hydrogens (tertiary/aromatic N) is 3. The van der Waals surface area contributed by atoms with Gasteiger partial charge >= 0.3 is 12.4 Å². The molecule has 41 heavy (non-hydrogen) atoms. The summed E-state index contributed by atoms with van der Waals surface area (Å²) in [5.74, 6) is 0.278. The van der Waals surface area contributed by atoms with Crippen LogP contribution in [-0.2, 0) is 0 Å². The molecule has 0 fully saturated rings. The highest BCUT2D eigenvalue weighted by Gasteiger charge is 2.31. The number of nitrogens with one attached hydrogen (secondary N) is 4. The van der Waals surface area contributed by atoms with Gasteiger partial charge in [-0.3, -0.25) is 4.79 Å². The molecule has 10 nitrogen and oxygen atoms in total. The fourth-order valence-electron chi connectivity index (χ4n) is 3.77. The van der Waals surface area contributed by atoms with Crippen LogP contribution in [-0.4, -0.2) is 42.4 Å². The van der Waals surface area contributed by atoms with Gasteiger partial charge in [-0.05, 0) is 67.1 Å². The Kier molecular flexibility index (Phi) is 8.56. The lowest BCUT2D eigenvalue weighted by Crippen LogP contribution is -2.20. The summed E-state index contributed by atoms with van der Waals surface area (Å²) in [7, 11) is 3.38. The van der Waals surface area contributed by atoms with Crippen LogP contribution in [0.25, 0.3) is 0 Å². The van der Waals surface area contributed by atoms with Crippen LogP contribution in [0.15, 0.2) is 79.0 Å². The lowest BCUT2D eigenvalue weighted by atomic mass is 10.1. The summed E-state index contributed by atoms with van der Waals surface area (Å²) in [4.78, 5) is 35.1. The Morgan fingerprint density at radius 2 is 1.61 bits per heavy atom. The van der Waals surface area contributed by atoms with Crippen LogP contribution in [0.2, 0.25) is 0 Å². The molecule has 1 heterocycles. The predicted molar refractivity (Wildman–Crippen MR) is 150 cm³/mol. The van der Waals surface area contributed by atoms with Gasteiger partial charge in [0.15, 0.2) is 0 Å². The van der Waals surface area contributed by atoms with Gasteiger partial charge in [0.2, 0.25) is 5.95 Å². The first-order valence-electron chi connectivity index (χ1n) is 12.2. The number of rotatable bonds is 8. The van der Waals surface area contributed by atoms with E-state index in [9.17, 15) is 22.8 Å². The van der Waals surface area contributed by atoms with Crippen molar-refractivity contribution in [2.75, 3.05) is 34.9 Å². The SMILES string of the molecule is CNC(=O)c1cc(Nc2nccc(N(C)c3ccc(NC(=O)Nc4cccc(OC(F)(F)F)c4)cc3)n2)ccc1C. The van der Waals surface area contributed by atoms with Crippen LogP contribution in [0.4, 0.5) is 52.5 Å². The van der Waals surface area contributed by atoms with E-state index in [0.717, 1.165) is 23.4 Å². The number of urea groups is 1. The van der Waals surface area contributed by atoms with Crippen LogP contribution >= 0.6 is 0 Å². The number of aryl methyl sites for hydroxylation is 1. The van der Waals surface area contributed by atoms with Crippen molar-refractivity contribution in [3.05, 3.63) is 90.1 Å². The fourth-order valence-corrected chi connectivity index (χ4v) is 3.77. The molecule has 3 amide bonds. The third-order valence-corrected chi connectivity index (χ3v) is 5.79. The van der Waals surface area contributed by atoms with Crippen molar-refractivity contribution < 1.29 is 27.5 Å². The third kappa shape index (κ3) is 7.85. The van der Waals surface area contributed by atoms with E-state index < -0.39 is 18.1 Å². The quantitative estimate of drug-likeness (QED) is 0.201. The zero-order valence-corrected chi connectivity index (χ0v) is 22.2. The maximum Gasteiger partial charge on any atom is 0.573 e. The third-order valence-electron chi connectivity index (χ3n) is 5.79. The first-order chi connectivity index (χ1) is 19.5. The van der Waals surface area contributed by atoms with Gasteiger partial charge < -0.3 is 30.9 Å². The molecule has 0 aliphatic rings. The van der Waals surface area contributed by atoms with E-state index in [-0.39, 0.29) is 11.6 Å². The highest BCUT2D eigenvalue weighted by atomic mass is 19.4. The number of hydrogen-bond acceptors (Lipinski definition) is 7. The minimum Gasteiger partial charge on any atom is -0.406 e. The van der Waals surface area contributed by atoms with E-state index in [1.807, 2.05) is 31.0 Å². The first kappa shape index (κ1) is 28.7. The first-order valence-corrected chi connectivity index (χ1v) is 12.2. The van der Waals surface area contributed by atoms with Gasteiger partial charge in [-0.25, -0.2) is 9.78 Å². The van der Waals surface area contributed by atoms with Crippen molar-refractivity contribution in [2.24, 2.45) is 0 Å². The molecule has 212 valence electrons. The Morgan fingerprint density at radius 3 is 2.32 bits per heavy atom. The Labute approximate surface area is 233 Å². The topological polar surface area (TPSA) is 121 Å². The molecule has 0 spiro atoms. The van der Waals surface area contributed by atoms with Gasteiger partial charge in [0.25, 0.3) is 5.91 Å². The molecular formula is C28H26F3N7O3. The van der Waals surface area contributed by atoms with Gasteiger partial charge in [-0.2, -0.15) is 4.98 Å². The molecule has 0 radical (unpaired) electrons. The van der Waals surface area contributed by atoms with Crippen LogP contribution in [0.3, 0.4) is 0 Å². The Balaban J connectivity index is 1.39. The number of alkyl halides is 3. The van der Waals surface area contributed by atoms with Gasteiger partial charge in [-0.1, -0.05) is 12.1 Å². The van der Waals surface area contributed by atoms with E-state index >= 15 is 0 Å². The molecule has 0 atom stereocenters. The number of anilines is 6. The summed E-state index contributed by atoms with van der Waals surface area (Å²) in [6.45, 7) is 1.85. The zero-order chi connectivity index (χ0) is 29.6. The average Bonchev–Trinajstić information content (AvgIpc) is 2.93. The fraction of sp³-hybridized carbons (Fsp3) is 0.143. The van der Waals surface area contributed by atoms with Crippen molar-refractivity contribution in [2.45, 2.75) is 13.3 Å². The Bertz CT molecular complexity index is 1550. The van der Waals surface area contributed by atoms with Crippen molar-refractivity contribution >= 4 is 46.5 Å². The van der Waals surface area contributed by atoms with Gasteiger partial charge in [0, 0.05) is 54.7 Å². The Morgan fingerprint density at radius 1 is 0.902 bits per heavy atom. The summed E-state index contributed by atoms with van der Waals surface area (Å²) < 4.78 is 41.2. The van der Waals surface area contributed by atoms with E-state index in [1.54, 1.807) is 49.6 Å². The largest absolute Gasteiger partial charge is 0.573 e. The van der Waals surface area contributed by atoms with Crippen molar-refractivity contribution in [1.82, 2.24) is 15.3 Å². The highest BCUT2D eigenvalue weighted by molar-refractivity contribution is 6.00. The number of aromatic nitrogens is 2. The monoisotopic (exact) mass is 565 g/mol. The molecule has 0 aliphatic heterocycles. The molecule has 0 saturated carbocycles. The molecule has 13 heteroatoms. The van der Waals surface area contributed by atoms with Crippen molar-refractivity contribution in [1.29, 1.82) is 0 Å². The average molecular weight is 566 g/mol. The minimum atomic E-state index is -4.83. The number of halogens is 3. The van der Waals surface area contributed by atoms with Gasteiger partial charge in [0.1, 0.15) is 11.6 Å². The molecule has 0 aliphatic carbocycles. The minimum absolute atomic E-state index is 0.129. The molecular weight excluding hydrogens is 539 g/mol. The number of carbonyl (C=O) groups is 2. The van der Waals surface area contributed by atoms with E-state index in [4.69, 9.17) is 0 Å². The number of amides is 3. The smallest absolute Gasteiger partial charge is 0.406 e. The Hall–Kier alpha value is -5.33. The van der Waals surface area contributed by atoms with Gasteiger partial charge in [0.05, 0.1) is 0 Å².